The Kier molecular flexibility index (Phi) is 5.00. The number of nitro groups is 1. The average Bonchev–Trinajstić information content (AvgIpc) is 2.30. The van der Waals surface area contributed by atoms with E-state index in [4.69, 9.17) is 0 Å². The van der Waals surface area contributed by atoms with Crippen LogP contribution in [0.15, 0.2) is 12.1 Å². The van der Waals surface area contributed by atoms with Crippen LogP contribution in [-0.4, -0.2) is 23.4 Å². The van der Waals surface area contributed by atoms with Crippen molar-refractivity contribution in [1.29, 1.82) is 0 Å². The van der Waals surface area contributed by atoms with Crippen molar-refractivity contribution in [2.24, 2.45) is 0 Å². The fourth-order valence-corrected chi connectivity index (χ4v) is 1.62. The predicted molar refractivity (Wildman–Crippen MR) is 74.3 cm³/mol. The third-order valence-corrected chi connectivity index (χ3v) is 2.68. The zero-order valence-electron chi connectivity index (χ0n) is 11.6. The first kappa shape index (κ1) is 15.1. The summed E-state index contributed by atoms with van der Waals surface area (Å²) in [4.78, 5) is 22.1. The molecule has 1 aromatic rings. The number of hydrogen-bond acceptors (Lipinski definition) is 4. The molecule has 0 aliphatic carbocycles. The minimum Gasteiger partial charge on any atom is -0.325 e. The van der Waals surface area contributed by atoms with Crippen LogP contribution in [0.1, 0.15) is 25.0 Å². The Bertz CT molecular complexity index is 498. The van der Waals surface area contributed by atoms with E-state index in [1.54, 1.807) is 19.9 Å². The van der Waals surface area contributed by atoms with Crippen LogP contribution in [0, 0.1) is 24.0 Å². The van der Waals surface area contributed by atoms with Crippen LogP contribution >= 0.6 is 0 Å². The van der Waals surface area contributed by atoms with Gasteiger partial charge in [0, 0.05) is 23.4 Å². The molecule has 0 saturated heterocycles. The molecular formula is C13H19N3O3. The number of nitrogens with zero attached hydrogens (tertiary/aromatic N) is 1. The maximum Gasteiger partial charge on any atom is 0.272 e. The number of amides is 1. The SMILES string of the molecule is Cc1cc([N+](=O)[O-])c(C)cc1NC(=O)CNC(C)C. The van der Waals surface area contributed by atoms with Crippen molar-refractivity contribution in [3.05, 3.63) is 33.4 Å². The summed E-state index contributed by atoms with van der Waals surface area (Å²) < 4.78 is 0. The summed E-state index contributed by atoms with van der Waals surface area (Å²) in [6.45, 7) is 7.51. The standard InChI is InChI=1S/C13H19N3O3/c1-8(2)14-7-13(17)15-11-5-10(4)12(16(18)19)6-9(11)3/h5-6,8,14H,7H2,1-4H3,(H,15,17). The van der Waals surface area contributed by atoms with Crippen LogP contribution < -0.4 is 10.6 Å². The van der Waals surface area contributed by atoms with E-state index in [1.165, 1.54) is 6.07 Å². The Labute approximate surface area is 112 Å². The van der Waals surface area contributed by atoms with Gasteiger partial charge in [0.15, 0.2) is 0 Å². The highest BCUT2D eigenvalue weighted by molar-refractivity contribution is 5.93. The smallest absolute Gasteiger partial charge is 0.272 e. The molecular weight excluding hydrogens is 246 g/mol. The highest BCUT2D eigenvalue weighted by Gasteiger charge is 2.14. The zero-order chi connectivity index (χ0) is 14.6. The number of carbonyl (C=O) groups is 1. The lowest BCUT2D eigenvalue weighted by atomic mass is 10.1. The quantitative estimate of drug-likeness (QED) is 0.631. The molecule has 0 fully saturated rings. The Balaban J connectivity index is 2.82. The molecule has 0 atom stereocenters. The number of aryl methyl sites for hydroxylation is 2. The topological polar surface area (TPSA) is 84.3 Å². The van der Waals surface area contributed by atoms with E-state index < -0.39 is 4.92 Å². The first-order valence-electron chi connectivity index (χ1n) is 6.10. The number of nitro benzene ring substituents is 1. The molecule has 0 bridgehead atoms. The molecule has 19 heavy (non-hydrogen) atoms. The van der Waals surface area contributed by atoms with Gasteiger partial charge >= 0.3 is 0 Å². The molecule has 0 unspecified atom stereocenters. The molecule has 0 saturated carbocycles. The van der Waals surface area contributed by atoms with Crippen LogP contribution in [0.5, 0.6) is 0 Å². The molecule has 104 valence electrons. The van der Waals surface area contributed by atoms with Gasteiger partial charge in [-0.3, -0.25) is 14.9 Å². The zero-order valence-corrected chi connectivity index (χ0v) is 11.6. The van der Waals surface area contributed by atoms with Crippen LogP contribution in [0.25, 0.3) is 0 Å². The van der Waals surface area contributed by atoms with Crippen molar-refractivity contribution in [1.82, 2.24) is 5.32 Å². The number of carbonyl (C=O) groups excluding carboxylic acids is 1. The van der Waals surface area contributed by atoms with Crippen LogP contribution in [-0.2, 0) is 4.79 Å². The highest BCUT2D eigenvalue weighted by Crippen LogP contribution is 2.25. The maximum absolute atomic E-state index is 11.7. The number of hydrogen-bond donors (Lipinski definition) is 2. The van der Waals surface area contributed by atoms with E-state index >= 15 is 0 Å². The maximum atomic E-state index is 11.7. The predicted octanol–water partition coefficient (Wildman–Crippen LogP) is 2.15. The molecule has 0 aliphatic rings. The second-order valence-electron chi connectivity index (χ2n) is 4.79. The summed E-state index contributed by atoms with van der Waals surface area (Å²) in [5, 5.41) is 16.6. The van der Waals surface area contributed by atoms with E-state index in [-0.39, 0.29) is 24.2 Å². The summed E-state index contributed by atoms with van der Waals surface area (Å²) in [5.41, 5.74) is 1.88. The van der Waals surface area contributed by atoms with E-state index in [0.717, 1.165) is 0 Å². The lowest BCUT2D eigenvalue weighted by Crippen LogP contribution is -2.32. The Morgan fingerprint density at radius 3 is 2.47 bits per heavy atom. The largest absolute Gasteiger partial charge is 0.325 e. The molecule has 0 spiro atoms. The summed E-state index contributed by atoms with van der Waals surface area (Å²) >= 11 is 0. The summed E-state index contributed by atoms with van der Waals surface area (Å²) in [6.07, 6.45) is 0. The lowest BCUT2D eigenvalue weighted by molar-refractivity contribution is -0.385. The van der Waals surface area contributed by atoms with Gasteiger partial charge in [0.25, 0.3) is 5.69 Å². The van der Waals surface area contributed by atoms with Gasteiger partial charge in [0.05, 0.1) is 11.5 Å². The summed E-state index contributed by atoms with van der Waals surface area (Å²) in [6, 6.07) is 3.33. The molecule has 0 aromatic heterocycles. The van der Waals surface area contributed by atoms with Crippen LogP contribution in [0.3, 0.4) is 0 Å². The van der Waals surface area contributed by atoms with Gasteiger partial charge in [-0.1, -0.05) is 13.8 Å². The molecule has 0 heterocycles. The molecule has 1 rings (SSSR count). The Hall–Kier alpha value is -1.95. The molecule has 0 radical (unpaired) electrons. The Morgan fingerprint density at radius 2 is 1.95 bits per heavy atom. The number of rotatable bonds is 5. The minimum atomic E-state index is -0.422. The first-order chi connectivity index (χ1) is 8.81. The van der Waals surface area contributed by atoms with Crippen molar-refractivity contribution in [3.63, 3.8) is 0 Å². The fraction of sp³-hybridized carbons (Fsp3) is 0.462. The second-order valence-corrected chi connectivity index (χ2v) is 4.79. The fourth-order valence-electron chi connectivity index (χ4n) is 1.62. The van der Waals surface area contributed by atoms with Crippen LogP contribution in [0.4, 0.5) is 11.4 Å². The Morgan fingerprint density at radius 1 is 1.32 bits per heavy atom. The highest BCUT2D eigenvalue weighted by atomic mass is 16.6. The van der Waals surface area contributed by atoms with Crippen molar-refractivity contribution < 1.29 is 9.72 Å². The number of nitrogens with one attached hydrogen (secondary N) is 2. The number of benzene rings is 1. The van der Waals surface area contributed by atoms with Gasteiger partial charge in [0.2, 0.25) is 5.91 Å². The number of anilines is 1. The third-order valence-electron chi connectivity index (χ3n) is 2.68. The second kappa shape index (κ2) is 6.29. The average molecular weight is 265 g/mol. The van der Waals surface area contributed by atoms with Crippen molar-refractivity contribution in [3.8, 4) is 0 Å². The molecule has 2 N–H and O–H groups in total. The monoisotopic (exact) mass is 265 g/mol. The first-order valence-corrected chi connectivity index (χ1v) is 6.10. The van der Waals surface area contributed by atoms with Gasteiger partial charge < -0.3 is 10.6 Å². The van der Waals surface area contributed by atoms with Gasteiger partial charge in [-0.15, -0.1) is 0 Å². The molecule has 6 heteroatoms. The summed E-state index contributed by atoms with van der Waals surface area (Å²) in [5.74, 6) is -0.162. The van der Waals surface area contributed by atoms with Crippen molar-refractivity contribution in [2.45, 2.75) is 33.7 Å². The van der Waals surface area contributed by atoms with Crippen molar-refractivity contribution in [2.75, 3.05) is 11.9 Å². The van der Waals surface area contributed by atoms with Crippen LogP contribution in [0.2, 0.25) is 0 Å². The minimum absolute atomic E-state index is 0.0656. The molecule has 1 aromatic carbocycles. The lowest BCUT2D eigenvalue weighted by Gasteiger charge is -2.11. The summed E-state index contributed by atoms with van der Waals surface area (Å²) in [7, 11) is 0. The van der Waals surface area contributed by atoms with Gasteiger partial charge in [-0.05, 0) is 25.5 Å². The van der Waals surface area contributed by atoms with E-state index in [0.29, 0.717) is 16.8 Å². The van der Waals surface area contributed by atoms with E-state index in [9.17, 15) is 14.9 Å². The molecule has 1 amide bonds. The van der Waals surface area contributed by atoms with Gasteiger partial charge in [-0.2, -0.15) is 0 Å². The van der Waals surface area contributed by atoms with E-state index in [1.807, 2.05) is 13.8 Å². The van der Waals surface area contributed by atoms with Gasteiger partial charge in [0.1, 0.15) is 0 Å². The molecule has 6 nitrogen and oxygen atoms in total. The third kappa shape index (κ3) is 4.33. The molecule has 0 aliphatic heterocycles. The van der Waals surface area contributed by atoms with Gasteiger partial charge in [-0.25, -0.2) is 0 Å². The normalized spacial score (nSPS) is 10.6. The van der Waals surface area contributed by atoms with E-state index in [2.05, 4.69) is 10.6 Å². The van der Waals surface area contributed by atoms with Crippen molar-refractivity contribution >= 4 is 17.3 Å².